The Hall–Kier alpha value is -2.38. The van der Waals surface area contributed by atoms with Gasteiger partial charge in [0.2, 0.25) is 5.91 Å². The summed E-state index contributed by atoms with van der Waals surface area (Å²) < 4.78 is 18.3. The molecule has 0 aliphatic carbocycles. The van der Waals surface area contributed by atoms with E-state index in [0.717, 1.165) is 6.42 Å². The number of hydrogen-bond acceptors (Lipinski definition) is 10. The predicted octanol–water partition coefficient (Wildman–Crippen LogP) is -1.07. The summed E-state index contributed by atoms with van der Waals surface area (Å²) in [6.45, 7) is 1.68. The van der Waals surface area contributed by atoms with Crippen molar-refractivity contribution in [1.29, 1.82) is 0 Å². The van der Waals surface area contributed by atoms with Gasteiger partial charge in [-0.2, -0.15) is 0 Å². The molecule has 2 aliphatic rings. The molecule has 0 aromatic carbocycles. The topological polar surface area (TPSA) is 167 Å². The number of nitrogens with one attached hydrogen (secondary N) is 1. The first-order chi connectivity index (χ1) is 14.5. The van der Waals surface area contributed by atoms with Crippen molar-refractivity contribution in [2.45, 2.75) is 49.8 Å². The molecule has 2 aliphatic heterocycles. The highest BCUT2D eigenvalue weighted by Crippen LogP contribution is 2.32. The Kier molecular flexibility index (Phi) is 6.39. The molecule has 4 rings (SSSR count). The highest BCUT2D eigenvalue weighted by atomic mass is 16.6. The van der Waals surface area contributed by atoms with Crippen LogP contribution in [0.25, 0.3) is 11.2 Å². The van der Waals surface area contributed by atoms with E-state index in [0.29, 0.717) is 43.2 Å². The van der Waals surface area contributed by atoms with Gasteiger partial charge in [0.15, 0.2) is 23.2 Å². The van der Waals surface area contributed by atoms with Crippen LogP contribution in [0.15, 0.2) is 12.7 Å². The van der Waals surface area contributed by atoms with Crippen molar-refractivity contribution in [3.05, 3.63) is 12.7 Å². The predicted molar refractivity (Wildman–Crippen MR) is 103 cm³/mol. The van der Waals surface area contributed by atoms with Crippen molar-refractivity contribution in [3.8, 4) is 0 Å². The van der Waals surface area contributed by atoms with E-state index in [2.05, 4.69) is 20.3 Å². The molecule has 30 heavy (non-hydrogen) atoms. The maximum Gasteiger partial charge on any atom is 0.217 e. The molecule has 4 heterocycles. The van der Waals surface area contributed by atoms with Crippen LogP contribution in [-0.4, -0.2) is 86.4 Å². The Labute approximate surface area is 172 Å². The van der Waals surface area contributed by atoms with Crippen molar-refractivity contribution in [1.82, 2.24) is 19.5 Å². The fourth-order valence-electron chi connectivity index (χ4n) is 3.63. The molecule has 2 fully saturated rings. The highest BCUT2D eigenvalue weighted by Gasteiger charge is 2.44. The van der Waals surface area contributed by atoms with Crippen LogP contribution in [0.3, 0.4) is 0 Å². The number of nitrogens with two attached hydrogens (primary N) is 1. The van der Waals surface area contributed by atoms with Gasteiger partial charge < -0.3 is 35.5 Å². The van der Waals surface area contributed by atoms with Gasteiger partial charge >= 0.3 is 0 Å². The smallest absolute Gasteiger partial charge is 0.217 e. The van der Waals surface area contributed by atoms with E-state index >= 15 is 0 Å². The fraction of sp³-hybridized carbons (Fsp3) is 0.667. The van der Waals surface area contributed by atoms with Crippen LogP contribution in [0, 0.1) is 0 Å². The summed E-state index contributed by atoms with van der Waals surface area (Å²) in [5, 5.41) is 24.2. The van der Waals surface area contributed by atoms with Gasteiger partial charge in [-0.3, -0.25) is 9.36 Å². The number of amides is 1. The van der Waals surface area contributed by atoms with E-state index in [-0.39, 0.29) is 19.1 Å². The summed E-state index contributed by atoms with van der Waals surface area (Å²) in [5.74, 6) is 0.186. The lowest BCUT2D eigenvalue weighted by atomic mass is 10.1. The van der Waals surface area contributed by atoms with E-state index in [4.69, 9.17) is 19.9 Å². The normalized spacial score (nSPS) is 28.9. The van der Waals surface area contributed by atoms with Crippen LogP contribution < -0.4 is 11.1 Å². The SMILES string of the molecule is NC(=O)CCCOC[C@H]1O[C@@H](n2cnc3c(N[C@@H]4CCOC4)ncnc32)[C@H](O)[C@@H]1O. The van der Waals surface area contributed by atoms with Crippen LogP contribution >= 0.6 is 0 Å². The number of primary amides is 1. The average Bonchev–Trinajstić information content (AvgIpc) is 3.44. The fourth-order valence-corrected chi connectivity index (χ4v) is 3.63. The van der Waals surface area contributed by atoms with Gasteiger partial charge in [0, 0.05) is 19.6 Å². The van der Waals surface area contributed by atoms with Gasteiger partial charge in [-0.15, -0.1) is 0 Å². The van der Waals surface area contributed by atoms with Crippen molar-refractivity contribution in [3.63, 3.8) is 0 Å². The molecule has 2 aromatic rings. The lowest BCUT2D eigenvalue weighted by Crippen LogP contribution is -2.34. The highest BCUT2D eigenvalue weighted by molar-refractivity contribution is 5.82. The molecule has 5 atom stereocenters. The number of rotatable bonds is 9. The second-order valence-electron chi connectivity index (χ2n) is 7.44. The van der Waals surface area contributed by atoms with Gasteiger partial charge in [0.1, 0.15) is 24.6 Å². The summed E-state index contributed by atoms with van der Waals surface area (Å²) in [7, 11) is 0. The summed E-state index contributed by atoms with van der Waals surface area (Å²) >= 11 is 0. The average molecular weight is 422 g/mol. The Bertz CT molecular complexity index is 872. The third kappa shape index (κ3) is 4.37. The first kappa shape index (κ1) is 20.9. The minimum atomic E-state index is -1.18. The molecule has 0 bridgehead atoms. The van der Waals surface area contributed by atoms with E-state index in [1.54, 1.807) is 4.57 Å². The summed E-state index contributed by atoms with van der Waals surface area (Å²) in [6.07, 6.45) is 0.576. The zero-order chi connectivity index (χ0) is 21.1. The number of imidazole rings is 1. The quantitative estimate of drug-likeness (QED) is 0.365. The molecular weight excluding hydrogens is 396 g/mol. The Morgan fingerprint density at radius 2 is 2.20 bits per heavy atom. The lowest BCUT2D eigenvalue weighted by Gasteiger charge is -2.17. The third-order valence-electron chi connectivity index (χ3n) is 5.23. The summed E-state index contributed by atoms with van der Waals surface area (Å²) in [5.41, 5.74) is 6.11. The molecule has 0 unspecified atom stereocenters. The number of carbonyl (C=O) groups is 1. The van der Waals surface area contributed by atoms with Crippen molar-refractivity contribution >= 4 is 22.9 Å². The zero-order valence-corrected chi connectivity index (χ0v) is 16.4. The molecule has 1 amide bonds. The Morgan fingerprint density at radius 3 is 2.97 bits per heavy atom. The van der Waals surface area contributed by atoms with Gasteiger partial charge in [0.25, 0.3) is 0 Å². The number of aliphatic hydroxyl groups is 2. The molecule has 2 saturated heterocycles. The van der Waals surface area contributed by atoms with Gasteiger partial charge in [0.05, 0.1) is 25.6 Å². The molecule has 0 radical (unpaired) electrons. The molecule has 2 aromatic heterocycles. The Morgan fingerprint density at radius 1 is 1.33 bits per heavy atom. The first-order valence-corrected chi connectivity index (χ1v) is 9.94. The van der Waals surface area contributed by atoms with Gasteiger partial charge in [-0.1, -0.05) is 0 Å². The van der Waals surface area contributed by atoms with Crippen LogP contribution in [0.1, 0.15) is 25.5 Å². The van der Waals surface area contributed by atoms with Gasteiger partial charge in [-0.05, 0) is 12.8 Å². The second kappa shape index (κ2) is 9.18. The summed E-state index contributed by atoms with van der Waals surface area (Å²) in [6, 6.07) is 0.152. The van der Waals surface area contributed by atoms with Crippen LogP contribution in [0.5, 0.6) is 0 Å². The third-order valence-corrected chi connectivity index (χ3v) is 5.23. The van der Waals surface area contributed by atoms with Crippen molar-refractivity contribution < 1.29 is 29.2 Å². The first-order valence-electron chi connectivity index (χ1n) is 9.94. The van der Waals surface area contributed by atoms with Gasteiger partial charge in [-0.25, -0.2) is 15.0 Å². The number of anilines is 1. The lowest BCUT2D eigenvalue weighted by molar-refractivity contribution is -0.118. The number of aliphatic hydroxyl groups excluding tert-OH is 2. The van der Waals surface area contributed by atoms with Crippen LogP contribution in [0.2, 0.25) is 0 Å². The minimum absolute atomic E-state index is 0.0730. The number of aromatic nitrogens is 4. The number of nitrogens with zero attached hydrogens (tertiary/aromatic N) is 4. The molecular formula is C18H26N6O6. The number of carbonyl (C=O) groups excluding carboxylic acids is 1. The van der Waals surface area contributed by atoms with E-state index in [1.807, 2.05) is 0 Å². The molecule has 12 heteroatoms. The largest absolute Gasteiger partial charge is 0.387 e. The maximum atomic E-state index is 10.8. The van der Waals surface area contributed by atoms with E-state index < -0.39 is 30.4 Å². The number of ether oxygens (including phenoxy) is 3. The van der Waals surface area contributed by atoms with Crippen LogP contribution in [0.4, 0.5) is 5.82 Å². The molecule has 5 N–H and O–H groups in total. The van der Waals surface area contributed by atoms with E-state index in [9.17, 15) is 15.0 Å². The second-order valence-corrected chi connectivity index (χ2v) is 7.44. The molecule has 0 saturated carbocycles. The molecule has 12 nitrogen and oxygen atoms in total. The monoisotopic (exact) mass is 422 g/mol. The minimum Gasteiger partial charge on any atom is -0.387 e. The number of fused-ring (bicyclic) bond motifs is 1. The standard InChI is InChI=1S/C18H26N6O6/c19-12(25)2-1-4-28-7-11-14(26)15(27)18(30-11)24-9-22-13-16(20-8-21-17(13)24)23-10-3-5-29-6-10/h8-11,14-15,18,26-27H,1-7H2,(H2,19,25)(H,20,21,23)/t10-,11-,14-,15-,18-/m1/s1. The molecule has 0 spiro atoms. The maximum absolute atomic E-state index is 10.8. The zero-order valence-electron chi connectivity index (χ0n) is 16.4. The number of hydrogen-bond donors (Lipinski definition) is 4. The Balaban J connectivity index is 1.43. The molecule has 164 valence electrons. The summed E-state index contributed by atoms with van der Waals surface area (Å²) in [4.78, 5) is 23.7. The van der Waals surface area contributed by atoms with Crippen molar-refractivity contribution in [2.24, 2.45) is 5.73 Å². The van der Waals surface area contributed by atoms with E-state index in [1.165, 1.54) is 12.7 Å². The van der Waals surface area contributed by atoms with Crippen LogP contribution in [-0.2, 0) is 19.0 Å². The van der Waals surface area contributed by atoms with Crippen molar-refractivity contribution in [2.75, 3.05) is 31.7 Å².